The Hall–Kier alpha value is -1.46. The number of benzene rings is 1. The zero-order valence-corrected chi connectivity index (χ0v) is 10.6. The Labute approximate surface area is 108 Å². The normalized spacial score (nSPS) is 18.7. The van der Waals surface area contributed by atoms with Gasteiger partial charge >= 0.3 is 0 Å². The maximum absolute atomic E-state index is 11.9. The van der Waals surface area contributed by atoms with Crippen molar-refractivity contribution in [3.63, 3.8) is 0 Å². The summed E-state index contributed by atoms with van der Waals surface area (Å²) >= 11 is 1.73. The summed E-state index contributed by atoms with van der Waals surface area (Å²) < 4.78 is 5.10. The fraction of sp³-hybridized carbons (Fsp3) is 0.308. The molecule has 2 aliphatic heterocycles. The molecule has 2 aliphatic rings. The number of hydrogen-bond acceptors (Lipinski definition) is 4. The van der Waals surface area contributed by atoms with Gasteiger partial charge in [0.2, 0.25) is 0 Å². The van der Waals surface area contributed by atoms with Gasteiger partial charge in [-0.3, -0.25) is 4.79 Å². The first-order chi connectivity index (χ1) is 8.74. The van der Waals surface area contributed by atoms with E-state index in [0.717, 1.165) is 18.4 Å². The number of rotatable bonds is 3. The van der Waals surface area contributed by atoms with Gasteiger partial charge in [-0.25, -0.2) is 4.99 Å². The zero-order valence-electron chi connectivity index (χ0n) is 9.76. The van der Waals surface area contributed by atoms with Crippen molar-refractivity contribution in [3.8, 4) is 0 Å². The minimum Gasteiger partial charge on any atom is -0.379 e. The van der Waals surface area contributed by atoms with E-state index in [9.17, 15) is 4.79 Å². The van der Waals surface area contributed by atoms with Gasteiger partial charge in [-0.15, -0.1) is 11.8 Å². The Balaban J connectivity index is 1.87. The van der Waals surface area contributed by atoms with Crippen LogP contribution in [0, 0.1) is 0 Å². The van der Waals surface area contributed by atoms with Crippen LogP contribution in [-0.4, -0.2) is 36.0 Å². The van der Waals surface area contributed by atoms with E-state index < -0.39 is 0 Å². The Morgan fingerprint density at radius 3 is 2.94 bits per heavy atom. The molecule has 5 heteroatoms. The zero-order chi connectivity index (χ0) is 12.5. The van der Waals surface area contributed by atoms with E-state index >= 15 is 0 Å². The molecule has 4 nitrogen and oxygen atoms in total. The molecular weight excluding hydrogens is 248 g/mol. The van der Waals surface area contributed by atoms with Gasteiger partial charge in [0.05, 0.1) is 35.1 Å². The number of amides is 1. The number of aliphatic imine (C=N–C) groups is 1. The number of thioether (sulfide) groups is 1. The smallest absolute Gasteiger partial charge is 0.280 e. The molecule has 1 saturated heterocycles. The first kappa shape index (κ1) is 11.6. The number of amidine groups is 1. The summed E-state index contributed by atoms with van der Waals surface area (Å²) in [5, 5.41) is 1.94. The van der Waals surface area contributed by atoms with Gasteiger partial charge in [-0.05, 0) is 11.3 Å². The van der Waals surface area contributed by atoms with Gasteiger partial charge in [0.1, 0.15) is 5.84 Å². The third kappa shape index (κ3) is 2.11. The highest BCUT2D eigenvalue weighted by atomic mass is 32.2. The second kappa shape index (κ2) is 4.66. The van der Waals surface area contributed by atoms with Crippen molar-refractivity contribution in [2.75, 3.05) is 19.0 Å². The second-order valence-electron chi connectivity index (χ2n) is 4.23. The topological polar surface area (TPSA) is 51.0 Å². The highest BCUT2D eigenvalue weighted by Crippen LogP contribution is 2.19. The molecule has 0 atom stereocenters. The molecule has 2 heterocycles. The Kier molecular flexibility index (Phi) is 3.01. The standard InChI is InChI=1S/C13H12N2O2S/c1-8-3-2-4-10-12(8)14-11(15-13(10)16)7-18-9-5-17-6-9/h2-4,9H,1,5-7H2. The predicted octanol–water partition coefficient (Wildman–Crippen LogP) is 0.401. The van der Waals surface area contributed by atoms with Crippen LogP contribution < -0.4 is 10.6 Å². The van der Waals surface area contributed by atoms with E-state index in [0.29, 0.717) is 27.8 Å². The minimum atomic E-state index is -0.217. The highest BCUT2D eigenvalue weighted by molar-refractivity contribution is 8.00. The summed E-state index contributed by atoms with van der Waals surface area (Å²) in [5.74, 6) is 1.01. The lowest BCUT2D eigenvalue weighted by Gasteiger charge is -2.25. The molecule has 0 aromatic heterocycles. The average molecular weight is 260 g/mol. The van der Waals surface area contributed by atoms with Gasteiger partial charge in [0.15, 0.2) is 0 Å². The number of fused-ring (bicyclic) bond motifs is 1. The number of nitrogens with zero attached hydrogens (tertiary/aromatic N) is 2. The maximum atomic E-state index is 11.9. The maximum Gasteiger partial charge on any atom is 0.280 e. The van der Waals surface area contributed by atoms with E-state index in [1.54, 1.807) is 23.9 Å². The van der Waals surface area contributed by atoms with Crippen LogP contribution in [-0.2, 0) is 4.74 Å². The molecular formula is C13H12N2O2S. The fourth-order valence-corrected chi connectivity index (χ4v) is 2.69. The lowest BCUT2D eigenvalue weighted by atomic mass is 10.1. The van der Waals surface area contributed by atoms with Crippen LogP contribution in [0.15, 0.2) is 28.2 Å². The Bertz CT molecular complexity index is 635. The van der Waals surface area contributed by atoms with Gasteiger partial charge in [0.25, 0.3) is 5.91 Å². The molecule has 1 aromatic rings. The van der Waals surface area contributed by atoms with Crippen molar-refractivity contribution in [2.45, 2.75) is 5.25 Å². The van der Waals surface area contributed by atoms with E-state index in [4.69, 9.17) is 4.74 Å². The van der Waals surface area contributed by atoms with Crippen LogP contribution in [0.25, 0.3) is 6.58 Å². The first-order valence-electron chi connectivity index (χ1n) is 5.72. The molecule has 1 amide bonds. The lowest BCUT2D eigenvalue weighted by Crippen LogP contribution is -2.35. The molecule has 0 aliphatic carbocycles. The minimum absolute atomic E-state index is 0.217. The van der Waals surface area contributed by atoms with Crippen LogP contribution in [0.2, 0.25) is 0 Å². The van der Waals surface area contributed by atoms with Gasteiger partial charge in [-0.2, -0.15) is 4.99 Å². The molecule has 0 spiro atoms. The summed E-state index contributed by atoms with van der Waals surface area (Å²) in [6.45, 7) is 5.46. The van der Waals surface area contributed by atoms with Gasteiger partial charge in [-0.1, -0.05) is 18.7 Å². The lowest BCUT2D eigenvalue weighted by molar-refractivity contribution is 0.0456. The van der Waals surface area contributed by atoms with E-state index in [2.05, 4.69) is 16.6 Å². The highest BCUT2D eigenvalue weighted by Gasteiger charge is 2.21. The van der Waals surface area contributed by atoms with E-state index in [-0.39, 0.29) is 5.91 Å². The summed E-state index contributed by atoms with van der Waals surface area (Å²) in [5.41, 5.74) is 0.545. The summed E-state index contributed by atoms with van der Waals surface area (Å²) in [6.07, 6.45) is 0. The largest absolute Gasteiger partial charge is 0.379 e. The Morgan fingerprint density at radius 1 is 1.39 bits per heavy atom. The SMILES string of the molecule is C=c1cccc2c1=NC(CSC1COC1)=NC2=O. The molecule has 0 unspecified atom stereocenters. The molecule has 0 N–H and O–H groups in total. The molecule has 3 rings (SSSR count). The van der Waals surface area contributed by atoms with Crippen molar-refractivity contribution in [1.29, 1.82) is 0 Å². The number of hydrogen-bond donors (Lipinski definition) is 0. The molecule has 1 fully saturated rings. The van der Waals surface area contributed by atoms with Crippen molar-refractivity contribution in [1.82, 2.24) is 0 Å². The van der Waals surface area contributed by atoms with Gasteiger partial charge < -0.3 is 4.74 Å². The molecule has 0 bridgehead atoms. The van der Waals surface area contributed by atoms with Crippen molar-refractivity contribution in [3.05, 3.63) is 34.3 Å². The van der Waals surface area contributed by atoms with Crippen molar-refractivity contribution in [2.24, 2.45) is 9.98 Å². The first-order valence-corrected chi connectivity index (χ1v) is 6.77. The fourth-order valence-electron chi connectivity index (χ4n) is 1.79. The predicted molar refractivity (Wildman–Crippen MR) is 71.6 cm³/mol. The quantitative estimate of drug-likeness (QED) is 0.790. The summed E-state index contributed by atoms with van der Waals surface area (Å²) in [7, 11) is 0. The van der Waals surface area contributed by atoms with Crippen LogP contribution in [0.4, 0.5) is 0 Å². The van der Waals surface area contributed by atoms with Gasteiger partial charge in [0, 0.05) is 0 Å². The third-order valence-electron chi connectivity index (χ3n) is 2.88. The van der Waals surface area contributed by atoms with E-state index in [1.807, 2.05) is 6.07 Å². The third-order valence-corrected chi connectivity index (χ3v) is 4.05. The molecule has 0 radical (unpaired) electrons. The number of para-hydroxylation sites is 1. The molecule has 18 heavy (non-hydrogen) atoms. The molecule has 0 saturated carbocycles. The number of carbonyl (C=O) groups excluding carboxylic acids is 1. The summed E-state index contributed by atoms with van der Waals surface area (Å²) in [6, 6.07) is 5.39. The van der Waals surface area contributed by atoms with Crippen LogP contribution in [0.5, 0.6) is 0 Å². The molecule has 1 aromatic carbocycles. The van der Waals surface area contributed by atoms with E-state index in [1.165, 1.54) is 0 Å². The van der Waals surface area contributed by atoms with Crippen LogP contribution in [0.3, 0.4) is 0 Å². The van der Waals surface area contributed by atoms with Crippen molar-refractivity contribution >= 4 is 30.1 Å². The average Bonchev–Trinajstić information content (AvgIpc) is 2.29. The number of carbonyl (C=O) groups is 1. The van der Waals surface area contributed by atoms with Crippen molar-refractivity contribution < 1.29 is 9.53 Å². The number of ether oxygens (including phenoxy) is 1. The second-order valence-corrected chi connectivity index (χ2v) is 5.52. The monoisotopic (exact) mass is 260 g/mol. The Morgan fingerprint density at radius 2 is 2.22 bits per heavy atom. The van der Waals surface area contributed by atoms with Crippen LogP contribution in [0.1, 0.15) is 10.4 Å². The van der Waals surface area contributed by atoms with Crippen LogP contribution >= 0.6 is 11.8 Å². The summed E-state index contributed by atoms with van der Waals surface area (Å²) in [4.78, 5) is 20.3. The molecule has 92 valence electrons.